The third-order valence-electron chi connectivity index (χ3n) is 4.31. The Hall–Kier alpha value is -1.31. The molecular weight excluding hydrogens is 246 g/mol. The molecule has 1 amide bonds. The molecule has 0 heterocycles. The monoisotopic (exact) mass is 273 g/mol. The lowest BCUT2D eigenvalue weighted by Gasteiger charge is -2.20. The second-order valence-corrected chi connectivity index (χ2v) is 5.98. The zero-order chi connectivity index (χ0) is 14.0. The van der Waals surface area contributed by atoms with Crippen LogP contribution in [0, 0.1) is 5.92 Å². The molecule has 110 valence electrons. The Morgan fingerprint density at radius 3 is 2.60 bits per heavy atom. The normalized spacial score (nSPS) is 16.0. The number of aryl methyl sites for hydroxylation is 1. The van der Waals surface area contributed by atoms with Crippen molar-refractivity contribution in [2.24, 2.45) is 5.92 Å². The molecule has 0 unspecified atom stereocenters. The second kappa shape index (κ2) is 8.78. The maximum absolute atomic E-state index is 11.8. The third-order valence-corrected chi connectivity index (χ3v) is 4.31. The lowest BCUT2D eigenvalue weighted by atomic mass is 9.86. The minimum atomic E-state index is 0.239. The van der Waals surface area contributed by atoms with E-state index in [9.17, 15) is 4.79 Å². The molecule has 2 rings (SSSR count). The lowest BCUT2D eigenvalue weighted by molar-refractivity contribution is -0.121. The van der Waals surface area contributed by atoms with Crippen LogP contribution in [0.5, 0.6) is 0 Å². The van der Waals surface area contributed by atoms with Crippen molar-refractivity contribution in [3.05, 3.63) is 35.9 Å². The first kappa shape index (κ1) is 15.1. The summed E-state index contributed by atoms with van der Waals surface area (Å²) in [5, 5.41) is 3.05. The van der Waals surface area contributed by atoms with Crippen molar-refractivity contribution in [3.8, 4) is 0 Å². The number of benzene rings is 1. The van der Waals surface area contributed by atoms with E-state index in [1.54, 1.807) is 0 Å². The molecule has 1 fully saturated rings. The van der Waals surface area contributed by atoms with Gasteiger partial charge in [-0.3, -0.25) is 4.79 Å². The molecule has 2 nitrogen and oxygen atoms in total. The average molecular weight is 273 g/mol. The molecule has 20 heavy (non-hydrogen) atoms. The van der Waals surface area contributed by atoms with E-state index in [1.807, 2.05) is 6.07 Å². The van der Waals surface area contributed by atoms with Crippen LogP contribution < -0.4 is 5.32 Å². The highest BCUT2D eigenvalue weighted by Gasteiger charge is 2.14. The van der Waals surface area contributed by atoms with Crippen molar-refractivity contribution >= 4 is 5.91 Å². The van der Waals surface area contributed by atoms with Crippen LogP contribution in [0.4, 0.5) is 0 Å². The number of carbonyl (C=O) groups is 1. The van der Waals surface area contributed by atoms with Gasteiger partial charge in [-0.15, -0.1) is 0 Å². The van der Waals surface area contributed by atoms with Crippen LogP contribution in [-0.2, 0) is 11.2 Å². The fraction of sp³-hybridized carbons (Fsp3) is 0.611. The summed E-state index contributed by atoms with van der Waals surface area (Å²) < 4.78 is 0. The van der Waals surface area contributed by atoms with E-state index in [2.05, 4.69) is 29.6 Å². The van der Waals surface area contributed by atoms with Gasteiger partial charge in [0.05, 0.1) is 0 Å². The van der Waals surface area contributed by atoms with Gasteiger partial charge in [0.25, 0.3) is 0 Å². The molecule has 0 aromatic heterocycles. The number of carbonyl (C=O) groups excluding carboxylic acids is 1. The first-order valence-electron chi connectivity index (χ1n) is 8.15. The Labute approximate surface area is 123 Å². The number of nitrogens with one attached hydrogen (secondary N) is 1. The topological polar surface area (TPSA) is 29.1 Å². The zero-order valence-electron chi connectivity index (χ0n) is 12.4. The van der Waals surface area contributed by atoms with Gasteiger partial charge >= 0.3 is 0 Å². The minimum Gasteiger partial charge on any atom is -0.356 e. The lowest BCUT2D eigenvalue weighted by Crippen LogP contribution is -2.25. The highest BCUT2D eigenvalue weighted by molar-refractivity contribution is 5.75. The quantitative estimate of drug-likeness (QED) is 0.745. The van der Waals surface area contributed by atoms with E-state index in [0.717, 1.165) is 38.1 Å². The SMILES string of the molecule is O=C(CCC1CCCCC1)NCCCc1ccccc1. The van der Waals surface area contributed by atoms with E-state index in [0.29, 0.717) is 0 Å². The van der Waals surface area contributed by atoms with Crippen molar-refractivity contribution < 1.29 is 4.79 Å². The van der Waals surface area contributed by atoms with Crippen molar-refractivity contribution in [3.63, 3.8) is 0 Å². The first-order chi connectivity index (χ1) is 9.84. The van der Waals surface area contributed by atoms with Gasteiger partial charge in [0.2, 0.25) is 5.91 Å². The molecule has 1 aliphatic rings. The summed E-state index contributed by atoms with van der Waals surface area (Å²) in [7, 11) is 0. The predicted octanol–water partition coefficient (Wildman–Crippen LogP) is 4.10. The Morgan fingerprint density at radius 1 is 1.10 bits per heavy atom. The van der Waals surface area contributed by atoms with E-state index in [-0.39, 0.29) is 5.91 Å². The Morgan fingerprint density at radius 2 is 1.85 bits per heavy atom. The van der Waals surface area contributed by atoms with Crippen LogP contribution in [0.1, 0.15) is 56.9 Å². The maximum atomic E-state index is 11.8. The molecule has 0 spiro atoms. The summed E-state index contributed by atoms with van der Waals surface area (Å²) in [4.78, 5) is 11.8. The minimum absolute atomic E-state index is 0.239. The number of rotatable bonds is 7. The van der Waals surface area contributed by atoms with Crippen molar-refractivity contribution in [1.29, 1.82) is 0 Å². The Kier molecular flexibility index (Phi) is 6.62. The number of hydrogen-bond acceptors (Lipinski definition) is 1. The van der Waals surface area contributed by atoms with E-state index < -0.39 is 0 Å². The summed E-state index contributed by atoms with van der Waals surface area (Å²) in [6, 6.07) is 10.5. The first-order valence-corrected chi connectivity index (χ1v) is 8.15. The molecular formula is C18H27NO. The molecule has 0 radical (unpaired) electrons. The van der Waals surface area contributed by atoms with Gasteiger partial charge in [-0.2, -0.15) is 0 Å². The molecule has 0 saturated heterocycles. The van der Waals surface area contributed by atoms with E-state index >= 15 is 0 Å². The van der Waals surface area contributed by atoms with Gasteiger partial charge in [0.15, 0.2) is 0 Å². The molecule has 0 atom stereocenters. The fourth-order valence-electron chi connectivity index (χ4n) is 3.06. The summed E-state index contributed by atoms with van der Waals surface area (Å²) in [5.41, 5.74) is 1.35. The predicted molar refractivity (Wildman–Crippen MR) is 83.6 cm³/mol. The fourth-order valence-corrected chi connectivity index (χ4v) is 3.06. The van der Waals surface area contributed by atoms with Gasteiger partial charge in [-0.05, 0) is 30.7 Å². The summed E-state index contributed by atoms with van der Waals surface area (Å²) in [6.07, 6.45) is 10.7. The summed E-state index contributed by atoms with van der Waals surface area (Å²) in [5.74, 6) is 1.04. The van der Waals surface area contributed by atoms with Crippen LogP contribution in [0.25, 0.3) is 0 Å². The van der Waals surface area contributed by atoms with Gasteiger partial charge in [-0.1, -0.05) is 62.4 Å². The molecule has 1 aromatic carbocycles. The standard InChI is InChI=1S/C18H27NO/c20-18(14-13-17-10-5-2-6-11-17)19-15-7-12-16-8-3-1-4-9-16/h1,3-4,8-9,17H,2,5-7,10-15H2,(H,19,20). The van der Waals surface area contributed by atoms with Gasteiger partial charge in [0, 0.05) is 13.0 Å². The Balaban J connectivity index is 1.51. The second-order valence-electron chi connectivity index (χ2n) is 5.98. The van der Waals surface area contributed by atoms with Crippen molar-refractivity contribution in [2.75, 3.05) is 6.54 Å². The van der Waals surface area contributed by atoms with Crippen LogP contribution in [0.2, 0.25) is 0 Å². The molecule has 1 aliphatic carbocycles. The molecule has 1 N–H and O–H groups in total. The molecule has 1 aromatic rings. The highest BCUT2D eigenvalue weighted by Crippen LogP contribution is 2.27. The average Bonchev–Trinajstić information content (AvgIpc) is 2.52. The zero-order valence-corrected chi connectivity index (χ0v) is 12.4. The molecule has 0 aliphatic heterocycles. The summed E-state index contributed by atoms with van der Waals surface area (Å²) >= 11 is 0. The van der Waals surface area contributed by atoms with Crippen molar-refractivity contribution in [1.82, 2.24) is 5.32 Å². The van der Waals surface area contributed by atoms with Gasteiger partial charge < -0.3 is 5.32 Å². The molecule has 2 heteroatoms. The molecule has 0 bridgehead atoms. The van der Waals surface area contributed by atoms with Crippen LogP contribution in [0.3, 0.4) is 0 Å². The largest absolute Gasteiger partial charge is 0.356 e. The van der Waals surface area contributed by atoms with Crippen LogP contribution >= 0.6 is 0 Å². The van der Waals surface area contributed by atoms with Gasteiger partial charge in [-0.25, -0.2) is 0 Å². The Bertz CT molecular complexity index is 382. The van der Waals surface area contributed by atoms with Gasteiger partial charge in [0.1, 0.15) is 0 Å². The number of hydrogen-bond donors (Lipinski definition) is 1. The van der Waals surface area contributed by atoms with Crippen LogP contribution in [-0.4, -0.2) is 12.5 Å². The summed E-state index contributed by atoms with van der Waals surface area (Å²) in [6.45, 7) is 0.804. The van der Waals surface area contributed by atoms with E-state index in [1.165, 1.54) is 37.7 Å². The maximum Gasteiger partial charge on any atom is 0.220 e. The smallest absolute Gasteiger partial charge is 0.220 e. The van der Waals surface area contributed by atoms with Crippen LogP contribution in [0.15, 0.2) is 30.3 Å². The van der Waals surface area contributed by atoms with Crippen molar-refractivity contribution in [2.45, 2.75) is 57.8 Å². The molecule has 1 saturated carbocycles. The third kappa shape index (κ3) is 5.77. The number of amides is 1. The van der Waals surface area contributed by atoms with E-state index in [4.69, 9.17) is 0 Å². The highest BCUT2D eigenvalue weighted by atomic mass is 16.1.